The van der Waals surface area contributed by atoms with Gasteiger partial charge in [0.15, 0.2) is 0 Å². The van der Waals surface area contributed by atoms with E-state index < -0.39 is 0 Å². The Kier molecular flexibility index (Phi) is 3.82. The van der Waals surface area contributed by atoms with Gasteiger partial charge in [-0.25, -0.2) is 0 Å². The van der Waals surface area contributed by atoms with Crippen LogP contribution in [0.4, 0.5) is 0 Å². The summed E-state index contributed by atoms with van der Waals surface area (Å²) in [6.45, 7) is 2.44. The second kappa shape index (κ2) is 6.10. The number of hydrogen-bond acceptors (Lipinski definition) is 1. The molecule has 1 nitrogen and oxygen atoms in total. The third kappa shape index (κ3) is 2.62. The van der Waals surface area contributed by atoms with Gasteiger partial charge in [0.2, 0.25) is 0 Å². The first-order valence-electron chi connectivity index (χ1n) is 8.49. The molecule has 2 aromatic rings. The second-order valence-electron chi connectivity index (χ2n) is 6.53. The molecule has 1 heteroatoms. The number of fused-ring (bicyclic) bond motifs is 1. The molecule has 2 aliphatic rings. The van der Waals surface area contributed by atoms with Gasteiger partial charge in [0, 0.05) is 12.6 Å². The first kappa shape index (κ1) is 13.8. The van der Waals surface area contributed by atoms with E-state index in [1.165, 1.54) is 48.9 Å². The highest BCUT2D eigenvalue weighted by molar-refractivity contribution is 5.82. The Morgan fingerprint density at radius 3 is 2.05 bits per heavy atom. The van der Waals surface area contributed by atoms with Crippen LogP contribution >= 0.6 is 0 Å². The van der Waals surface area contributed by atoms with Crippen LogP contribution in [0.5, 0.6) is 0 Å². The third-order valence-corrected chi connectivity index (χ3v) is 5.10. The van der Waals surface area contributed by atoms with Crippen LogP contribution < -0.4 is 0 Å². The molecule has 0 aliphatic carbocycles. The largest absolute Gasteiger partial charge is 0.296 e. The first-order chi connectivity index (χ1) is 10.9. The van der Waals surface area contributed by atoms with E-state index >= 15 is 0 Å². The van der Waals surface area contributed by atoms with Gasteiger partial charge in [0.25, 0.3) is 0 Å². The van der Waals surface area contributed by atoms with Crippen molar-refractivity contribution >= 4 is 5.57 Å². The molecule has 2 aromatic carbocycles. The smallest absolute Gasteiger partial charge is 0.0205 e. The Morgan fingerprint density at radius 1 is 0.818 bits per heavy atom. The fraction of sp³-hybridized carbons (Fsp3) is 0.333. The van der Waals surface area contributed by atoms with Crippen LogP contribution in [0.3, 0.4) is 0 Å². The molecule has 0 radical (unpaired) electrons. The fourth-order valence-corrected chi connectivity index (χ4v) is 4.06. The van der Waals surface area contributed by atoms with Crippen LogP contribution in [-0.2, 0) is 0 Å². The highest BCUT2D eigenvalue weighted by Crippen LogP contribution is 2.37. The molecule has 2 fully saturated rings. The summed E-state index contributed by atoms with van der Waals surface area (Å²) < 4.78 is 0. The Hall–Kier alpha value is -1.86. The summed E-state index contributed by atoms with van der Waals surface area (Å²) in [5.74, 6) is 0. The molecule has 0 saturated carbocycles. The van der Waals surface area contributed by atoms with Gasteiger partial charge in [-0.05, 0) is 48.1 Å². The number of piperidine rings is 1. The van der Waals surface area contributed by atoms with Gasteiger partial charge in [-0.3, -0.25) is 4.90 Å². The van der Waals surface area contributed by atoms with Crippen LogP contribution in [0.1, 0.15) is 36.8 Å². The van der Waals surface area contributed by atoms with Gasteiger partial charge in [-0.1, -0.05) is 67.1 Å². The van der Waals surface area contributed by atoms with Crippen LogP contribution in [0.25, 0.3) is 5.57 Å². The van der Waals surface area contributed by atoms with Gasteiger partial charge in [-0.15, -0.1) is 0 Å². The van der Waals surface area contributed by atoms with Crippen molar-refractivity contribution in [1.82, 2.24) is 4.90 Å². The zero-order valence-corrected chi connectivity index (χ0v) is 13.0. The Balaban J connectivity index is 1.79. The zero-order chi connectivity index (χ0) is 14.8. The summed E-state index contributed by atoms with van der Waals surface area (Å²) in [4.78, 5) is 2.70. The normalized spacial score (nSPS) is 21.6. The van der Waals surface area contributed by atoms with E-state index in [0.29, 0.717) is 0 Å². The summed E-state index contributed by atoms with van der Waals surface area (Å²) in [5.41, 5.74) is 5.83. The summed E-state index contributed by atoms with van der Waals surface area (Å²) in [7, 11) is 0. The lowest BCUT2D eigenvalue weighted by atomic mass is 9.91. The molecule has 2 heterocycles. The second-order valence-corrected chi connectivity index (χ2v) is 6.53. The molecule has 4 rings (SSSR count). The Labute approximate surface area is 133 Å². The SMILES string of the molecule is c1ccc(C(=C2CC3CCCCN3C2)c2ccccc2)cc1. The minimum atomic E-state index is 0.783. The molecule has 1 atom stereocenters. The van der Waals surface area contributed by atoms with Crippen LogP contribution in [0.2, 0.25) is 0 Å². The van der Waals surface area contributed by atoms with Crippen LogP contribution in [0.15, 0.2) is 66.2 Å². The lowest BCUT2D eigenvalue weighted by Crippen LogP contribution is -2.33. The van der Waals surface area contributed by atoms with Crippen molar-refractivity contribution in [1.29, 1.82) is 0 Å². The summed E-state index contributed by atoms with van der Waals surface area (Å²) in [6.07, 6.45) is 5.40. The van der Waals surface area contributed by atoms with Gasteiger partial charge in [0.1, 0.15) is 0 Å². The van der Waals surface area contributed by atoms with Crippen molar-refractivity contribution in [3.05, 3.63) is 77.4 Å². The highest BCUT2D eigenvalue weighted by Gasteiger charge is 2.31. The molecule has 1 unspecified atom stereocenters. The van der Waals surface area contributed by atoms with Crippen molar-refractivity contribution in [2.24, 2.45) is 0 Å². The topological polar surface area (TPSA) is 3.24 Å². The van der Waals surface area contributed by atoms with Crippen molar-refractivity contribution in [2.45, 2.75) is 31.7 Å². The van der Waals surface area contributed by atoms with E-state index in [1.54, 1.807) is 5.57 Å². The molecule has 2 aliphatic heterocycles. The molecule has 2 saturated heterocycles. The minimum Gasteiger partial charge on any atom is -0.296 e. The highest BCUT2D eigenvalue weighted by atomic mass is 15.2. The van der Waals surface area contributed by atoms with Crippen molar-refractivity contribution in [3.63, 3.8) is 0 Å². The van der Waals surface area contributed by atoms with Gasteiger partial charge < -0.3 is 0 Å². The van der Waals surface area contributed by atoms with Gasteiger partial charge >= 0.3 is 0 Å². The molecule has 0 amide bonds. The number of hydrogen-bond donors (Lipinski definition) is 0. The number of nitrogens with zero attached hydrogens (tertiary/aromatic N) is 1. The maximum atomic E-state index is 2.70. The lowest BCUT2D eigenvalue weighted by molar-refractivity contribution is 0.199. The van der Waals surface area contributed by atoms with E-state index in [0.717, 1.165) is 12.6 Å². The predicted molar refractivity (Wildman–Crippen MR) is 92.7 cm³/mol. The van der Waals surface area contributed by atoms with Gasteiger partial charge in [0.05, 0.1) is 0 Å². The summed E-state index contributed by atoms with van der Waals surface area (Å²) >= 11 is 0. The Bertz CT molecular complexity index is 599. The molecule has 22 heavy (non-hydrogen) atoms. The fourth-order valence-electron chi connectivity index (χ4n) is 4.06. The molecule has 0 aromatic heterocycles. The Morgan fingerprint density at radius 2 is 1.45 bits per heavy atom. The molecular weight excluding hydrogens is 266 g/mol. The molecule has 0 N–H and O–H groups in total. The standard InChI is InChI=1S/C21H23N/c1-3-9-17(10-4-1)21(18-11-5-2-6-12-18)19-15-20-13-7-8-14-22(20)16-19/h1-6,9-12,20H,7-8,13-16H2. The van der Waals surface area contributed by atoms with E-state index in [9.17, 15) is 0 Å². The van der Waals surface area contributed by atoms with Gasteiger partial charge in [-0.2, -0.15) is 0 Å². The van der Waals surface area contributed by atoms with Crippen LogP contribution in [-0.4, -0.2) is 24.0 Å². The number of rotatable bonds is 2. The predicted octanol–water partition coefficient (Wildman–Crippen LogP) is 4.75. The lowest BCUT2D eigenvalue weighted by Gasteiger charge is -2.28. The molecule has 0 spiro atoms. The average molecular weight is 289 g/mol. The maximum Gasteiger partial charge on any atom is 0.0205 e. The summed E-state index contributed by atoms with van der Waals surface area (Å²) in [5, 5.41) is 0. The van der Waals surface area contributed by atoms with Crippen molar-refractivity contribution in [3.8, 4) is 0 Å². The van der Waals surface area contributed by atoms with E-state index in [4.69, 9.17) is 0 Å². The number of benzene rings is 2. The van der Waals surface area contributed by atoms with Crippen LogP contribution in [0, 0.1) is 0 Å². The summed E-state index contributed by atoms with van der Waals surface area (Å²) in [6, 6.07) is 22.6. The maximum absolute atomic E-state index is 2.70. The minimum absolute atomic E-state index is 0.783. The molecule has 0 bridgehead atoms. The monoisotopic (exact) mass is 289 g/mol. The zero-order valence-electron chi connectivity index (χ0n) is 13.0. The van der Waals surface area contributed by atoms with Crippen molar-refractivity contribution < 1.29 is 0 Å². The first-order valence-corrected chi connectivity index (χ1v) is 8.49. The quantitative estimate of drug-likeness (QED) is 0.771. The molecular formula is C21H23N. The average Bonchev–Trinajstić information content (AvgIpc) is 3.00. The van der Waals surface area contributed by atoms with Crippen molar-refractivity contribution in [2.75, 3.05) is 13.1 Å². The van der Waals surface area contributed by atoms with E-state index in [-0.39, 0.29) is 0 Å². The van der Waals surface area contributed by atoms with E-state index in [2.05, 4.69) is 65.6 Å². The van der Waals surface area contributed by atoms with E-state index in [1.807, 2.05) is 0 Å². The molecule has 112 valence electrons. The third-order valence-electron chi connectivity index (χ3n) is 5.10.